The SMILES string of the molecule is CC(C)(C)c1cc(CC(=O)[C@@H]2C[C@@H](O)CCN2C(=O)N2CCS(=O)(=O)CC2)no1. The summed E-state index contributed by atoms with van der Waals surface area (Å²) in [4.78, 5) is 28.9. The Balaban J connectivity index is 1.71. The normalized spacial score (nSPS) is 25.1. The van der Waals surface area contributed by atoms with Crippen LogP contribution in [0.25, 0.3) is 0 Å². The topological polar surface area (TPSA) is 121 Å². The van der Waals surface area contributed by atoms with Gasteiger partial charge in [0.15, 0.2) is 15.6 Å². The van der Waals surface area contributed by atoms with Gasteiger partial charge in [-0.1, -0.05) is 25.9 Å². The van der Waals surface area contributed by atoms with Gasteiger partial charge in [0.2, 0.25) is 0 Å². The zero-order chi connectivity index (χ0) is 21.4. The van der Waals surface area contributed by atoms with Gasteiger partial charge in [0.05, 0.1) is 35.8 Å². The van der Waals surface area contributed by atoms with Crippen molar-refractivity contribution in [2.75, 3.05) is 31.1 Å². The molecule has 2 fully saturated rings. The second-order valence-electron chi connectivity index (χ2n) is 8.88. The summed E-state index contributed by atoms with van der Waals surface area (Å²) in [5, 5.41) is 14.0. The Kier molecular flexibility index (Phi) is 6.05. The minimum Gasteiger partial charge on any atom is -0.393 e. The van der Waals surface area contributed by atoms with Gasteiger partial charge in [-0.05, 0) is 6.42 Å². The number of hydrogen-bond donors (Lipinski definition) is 1. The van der Waals surface area contributed by atoms with Crippen molar-refractivity contribution in [3.63, 3.8) is 0 Å². The molecule has 2 aliphatic heterocycles. The lowest BCUT2D eigenvalue weighted by atomic mass is 9.92. The third-order valence-corrected chi connectivity index (χ3v) is 7.07. The molecule has 29 heavy (non-hydrogen) atoms. The van der Waals surface area contributed by atoms with Crippen LogP contribution >= 0.6 is 0 Å². The van der Waals surface area contributed by atoms with E-state index in [-0.39, 0.29) is 61.2 Å². The lowest BCUT2D eigenvalue weighted by molar-refractivity contribution is -0.125. The van der Waals surface area contributed by atoms with E-state index in [4.69, 9.17) is 4.52 Å². The molecule has 0 aliphatic carbocycles. The summed E-state index contributed by atoms with van der Waals surface area (Å²) in [5.41, 5.74) is 0.266. The van der Waals surface area contributed by atoms with Crippen molar-refractivity contribution in [2.45, 2.75) is 57.6 Å². The molecule has 0 radical (unpaired) electrons. The van der Waals surface area contributed by atoms with Crippen LogP contribution in [0.5, 0.6) is 0 Å². The van der Waals surface area contributed by atoms with E-state index in [1.54, 1.807) is 6.07 Å². The maximum absolute atomic E-state index is 13.0. The Bertz CT molecular complexity index is 859. The van der Waals surface area contributed by atoms with E-state index < -0.39 is 22.0 Å². The van der Waals surface area contributed by atoms with Crippen molar-refractivity contribution >= 4 is 21.7 Å². The van der Waals surface area contributed by atoms with E-state index in [2.05, 4.69) is 5.16 Å². The van der Waals surface area contributed by atoms with Crippen molar-refractivity contribution in [1.29, 1.82) is 0 Å². The molecule has 0 unspecified atom stereocenters. The first kappa shape index (κ1) is 21.8. The minimum absolute atomic E-state index is 0.00905. The van der Waals surface area contributed by atoms with Gasteiger partial charge >= 0.3 is 6.03 Å². The number of nitrogens with zero attached hydrogens (tertiary/aromatic N) is 3. The molecule has 2 saturated heterocycles. The van der Waals surface area contributed by atoms with E-state index in [1.807, 2.05) is 20.8 Å². The highest BCUT2D eigenvalue weighted by molar-refractivity contribution is 7.91. The van der Waals surface area contributed by atoms with Crippen LogP contribution in [0.1, 0.15) is 45.1 Å². The molecule has 1 aromatic heterocycles. The second-order valence-corrected chi connectivity index (χ2v) is 11.2. The van der Waals surface area contributed by atoms with Gasteiger partial charge in [0, 0.05) is 37.5 Å². The summed E-state index contributed by atoms with van der Waals surface area (Å²) in [6.45, 7) is 6.45. The molecule has 1 aromatic rings. The summed E-state index contributed by atoms with van der Waals surface area (Å²) in [7, 11) is -3.11. The molecule has 162 valence electrons. The number of Topliss-reactive ketones (excluding diaryl/α,β-unsaturated/α-hetero) is 1. The van der Waals surface area contributed by atoms with Crippen molar-refractivity contribution in [2.24, 2.45) is 0 Å². The van der Waals surface area contributed by atoms with Crippen LogP contribution in [0, 0.1) is 0 Å². The standard InChI is InChI=1S/C19H29N3O6S/c1-19(2,3)17-11-13(20-28-17)10-16(24)15-12-14(23)4-5-22(15)18(25)21-6-8-29(26,27)9-7-21/h11,14-15,23H,4-10,12H2,1-3H3/t14-,15-/m0/s1. The summed E-state index contributed by atoms with van der Waals surface area (Å²) in [6, 6.07) is 0.638. The molecule has 10 heteroatoms. The quantitative estimate of drug-likeness (QED) is 0.756. The zero-order valence-electron chi connectivity index (χ0n) is 17.1. The highest BCUT2D eigenvalue weighted by Gasteiger charge is 2.38. The van der Waals surface area contributed by atoms with E-state index >= 15 is 0 Å². The minimum atomic E-state index is -3.11. The summed E-state index contributed by atoms with van der Waals surface area (Å²) < 4.78 is 28.6. The van der Waals surface area contributed by atoms with E-state index in [9.17, 15) is 23.1 Å². The lowest BCUT2D eigenvalue weighted by Crippen LogP contribution is -2.57. The van der Waals surface area contributed by atoms with Crippen LogP contribution in [-0.4, -0.2) is 83.6 Å². The molecule has 2 atom stereocenters. The first-order valence-electron chi connectivity index (χ1n) is 9.89. The van der Waals surface area contributed by atoms with Crippen LogP contribution in [0.15, 0.2) is 10.6 Å². The second kappa shape index (κ2) is 8.06. The molecular weight excluding hydrogens is 398 g/mol. The van der Waals surface area contributed by atoms with Gasteiger partial charge in [-0.15, -0.1) is 0 Å². The largest absolute Gasteiger partial charge is 0.393 e. The zero-order valence-corrected chi connectivity index (χ0v) is 17.9. The molecule has 0 bridgehead atoms. The van der Waals surface area contributed by atoms with Gasteiger partial charge in [0.25, 0.3) is 0 Å². The van der Waals surface area contributed by atoms with Gasteiger partial charge < -0.3 is 19.4 Å². The van der Waals surface area contributed by atoms with Crippen LogP contribution < -0.4 is 0 Å². The number of aromatic nitrogens is 1. The molecule has 0 saturated carbocycles. The highest BCUT2D eigenvalue weighted by atomic mass is 32.2. The maximum Gasteiger partial charge on any atom is 0.320 e. The van der Waals surface area contributed by atoms with Gasteiger partial charge in [-0.25, -0.2) is 13.2 Å². The van der Waals surface area contributed by atoms with Crippen molar-refractivity contribution < 1.29 is 27.6 Å². The molecule has 9 nitrogen and oxygen atoms in total. The number of hydrogen-bond acceptors (Lipinski definition) is 7. The van der Waals surface area contributed by atoms with Crippen LogP contribution in [0.3, 0.4) is 0 Å². The first-order valence-corrected chi connectivity index (χ1v) is 11.7. The van der Waals surface area contributed by atoms with E-state index in [0.29, 0.717) is 17.9 Å². The highest BCUT2D eigenvalue weighted by Crippen LogP contribution is 2.25. The average Bonchev–Trinajstić information content (AvgIpc) is 3.10. The maximum atomic E-state index is 13.0. The molecule has 3 rings (SSSR count). The van der Waals surface area contributed by atoms with Crippen molar-refractivity contribution in [3.05, 3.63) is 17.5 Å². The number of sulfone groups is 1. The average molecular weight is 428 g/mol. The fourth-order valence-corrected chi connectivity index (χ4v) is 4.81. The Labute approximate surface area is 170 Å². The summed E-state index contributed by atoms with van der Waals surface area (Å²) >= 11 is 0. The molecule has 0 aromatic carbocycles. The molecule has 3 heterocycles. The smallest absolute Gasteiger partial charge is 0.320 e. The Morgan fingerprint density at radius 1 is 1.24 bits per heavy atom. The van der Waals surface area contributed by atoms with E-state index in [1.165, 1.54) is 9.80 Å². The van der Waals surface area contributed by atoms with Gasteiger partial charge in [-0.3, -0.25) is 4.79 Å². The van der Waals surface area contributed by atoms with Crippen molar-refractivity contribution in [3.8, 4) is 0 Å². The third-order valence-electron chi connectivity index (χ3n) is 5.46. The molecular formula is C19H29N3O6S. The Morgan fingerprint density at radius 2 is 1.90 bits per heavy atom. The van der Waals surface area contributed by atoms with Crippen LogP contribution in [-0.2, 0) is 26.5 Å². The monoisotopic (exact) mass is 427 g/mol. The fraction of sp³-hybridized carbons (Fsp3) is 0.737. The number of amides is 2. The van der Waals surface area contributed by atoms with Crippen molar-refractivity contribution in [1.82, 2.24) is 15.0 Å². The number of ketones is 1. The third kappa shape index (κ3) is 5.16. The molecule has 1 N–H and O–H groups in total. The number of likely N-dealkylation sites (tertiary alicyclic amines) is 1. The predicted octanol–water partition coefficient (Wildman–Crippen LogP) is 0.759. The van der Waals surface area contributed by atoms with Crippen LogP contribution in [0.4, 0.5) is 4.79 Å². The van der Waals surface area contributed by atoms with Crippen LogP contribution in [0.2, 0.25) is 0 Å². The number of carbonyl (C=O) groups excluding carboxylic acids is 2. The summed E-state index contributed by atoms with van der Waals surface area (Å²) in [5.74, 6) is 0.326. The number of aliphatic hydroxyl groups excluding tert-OH is 1. The number of carbonyl (C=O) groups is 2. The lowest BCUT2D eigenvalue weighted by Gasteiger charge is -2.40. The van der Waals surface area contributed by atoms with Gasteiger partial charge in [0.1, 0.15) is 5.76 Å². The van der Waals surface area contributed by atoms with E-state index in [0.717, 1.165) is 0 Å². The summed E-state index contributed by atoms with van der Waals surface area (Å²) in [6.07, 6.45) is -0.0903. The molecule has 2 amide bonds. The molecule has 0 spiro atoms. The Morgan fingerprint density at radius 3 is 2.48 bits per heavy atom. The fourth-order valence-electron chi connectivity index (χ4n) is 3.61. The number of piperidine rings is 1. The molecule has 2 aliphatic rings. The number of urea groups is 1. The first-order chi connectivity index (χ1) is 13.5. The predicted molar refractivity (Wildman–Crippen MR) is 105 cm³/mol. The van der Waals surface area contributed by atoms with Gasteiger partial charge in [-0.2, -0.15) is 0 Å². The Hall–Kier alpha value is -1.94. The number of rotatable bonds is 3. The number of aliphatic hydroxyl groups is 1.